The largest absolute Gasteiger partial charge is 0.179 e. The lowest BCUT2D eigenvalue weighted by Crippen LogP contribution is -1.85. The second-order valence-corrected chi connectivity index (χ2v) is 3.43. The molecule has 0 fully saturated rings. The van der Waals surface area contributed by atoms with E-state index in [0.717, 1.165) is 15.3 Å². The standard InChI is InChI=1S/C6H12SSi/c1-2-5-8-6-3-4-7/h2,7H,1,3-6H2. The minimum atomic E-state index is 1.03. The molecule has 2 heteroatoms. The molecule has 0 unspecified atom stereocenters. The fourth-order valence-corrected chi connectivity index (χ4v) is 1.70. The number of thiol groups is 1. The van der Waals surface area contributed by atoms with E-state index in [1.54, 1.807) is 0 Å². The van der Waals surface area contributed by atoms with E-state index in [1.807, 2.05) is 6.08 Å². The lowest BCUT2D eigenvalue weighted by Gasteiger charge is -1.89. The summed E-state index contributed by atoms with van der Waals surface area (Å²) in [5, 5.41) is 0. The monoisotopic (exact) mass is 144 g/mol. The minimum absolute atomic E-state index is 1.03. The maximum absolute atomic E-state index is 4.10. The van der Waals surface area contributed by atoms with Crippen molar-refractivity contribution in [2.24, 2.45) is 0 Å². The van der Waals surface area contributed by atoms with Gasteiger partial charge in [-0.3, -0.25) is 0 Å². The van der Waals surface area contributed by atoms with E-state index < -0.39 is 0 Å². The van der Waals surface area contributed by atoms with Gasteiger partial charge in [-0.2, -0.15) is 12.6 Å². The van der Waals surface area contributed by atoms with Gasteiger partial charge in [0.1, 0.15) is 0 Å². The van der Waals surface area contributed by atoms with E-state index in [0.29, 0.717) is 0 Å². The molecule has 8 heavy (non-hydrogen) atoms. The lowest BCUT2D eigenvalue weighted by molar-refractivity contribution is 1.09. The molecule has 2 radical (unpaired) electrons. The van der Waals surface area contributed by atoms with E-state index in [4.69, 9.17) is 0 Å². The summed E-state index contributed by atoms with van der Waals surface area (Å²) in [7, 11) is 1.07. The maximum atomic E-state index is 4.10. The highest BCUT2D eigenvalue weighted by molar-refractivity contribution is 7.80. The van der Waals surface area contributed by atoms with Crippen molar-refractivity contribution >= 4 is 22.1 Å². The molecule has 0 aromatic carbocycles. The Hall–Kier alpha value is 0.307. The first-order valence-corrected chi connectivity index (χ1v) is 4.89. The van der Waals surface area contributed by atoms with Crippen LogP contribution in [0.5, 0.6) is 0 Å². The molecular weight excluding hydrogens is 132 g/mol. The van der Waals surface area contributed by atoms with Gasteiger partial charge in [-0.25, -0.2) is 0 Å². The molecule has 0 heterocycles. The molecule has 46 valence electrons. The smallest absolute Gasteiger partial charge is 0.0420 e. The van der Waals surface area contributed by atoms with E-state index >= 15 is 0 Å². The van der Waals surface area contributed by atoms with Gasteiger partial charge in [0.25, 0.3) is 0 Å². The summed E-state index contributed by atoms with van der Waals surface area (Å²) in [4.78, 5) is 0. The molecular formula is C6H12SSi. The highest BCUT2D eigenvalue weighted by atomic mass is 32.1. The third-order valence-corrected chi connectivity index (χ3v) is 2.40. The SMILES string of the molecule is C=CC[Si]CCCS. The first-order valence-electron chi connectivity index (χ1n) is 2.84. The van der Waals surface area contributed by atoms with Crippen LogP contribution in [0.4, 0.5) is 0 Å². The lowest BCUT2D eigenvalue weighted by atomic mass is 10.6. The van der Waals surface area contributed by atoms with Crippen LogP contribution in [0.2, 0.25) is 12.1 Å². The number of rotatable bonds is 5. The summed E-state index contributed by atoms with van der Waals surface area (Å²) in [5.41, 5.74) is 0. The third kappa shape index (κ3) is 6.31. The summed E-state index contributed by atoms with van der Waals surface area (Å²) in [5.74, 6) is 1.03. The zero-order valence-electron chi connectivity index (χ0n) is 5.06. The molecule has 0 N–H and O–H groups in total. The molecule has 0 bridgehead atoms. The van der Waals surface area contributed by atoms with E-state index in [-0.39, 0.29) is 0 Å². The molecule has 0 aliphatic heterocycles. The van der Waals surface area contributed by atoms with Crippen LogP contribution in [-0.2, 0) is 0 Å². The summed E-state index contributed by atoms with van der Waals surface area (Å²) in [6.07, 6.45) is 3.24. The van der Waals surface area contributed by atoms with Crippen LogP contribution in [0.25, 0.3) is 0 Å². The summed E-state index contributed by atoms with van der Waals surface area (Å²) < 4.78 is 0. The van der Waals surface area contributed by atoms with Crippen molar-refractivity contribution in [2.45, 2.75) is 18.5 Å². The predicted octanol–water partition coefficient (Wildman–Crippen LogP) is 2.03. The van der Waals surface area contributed by atoms with Gasteiger partial charge in [-0.1, -0.05) is 12.1 Å². The molecule has 0 saturated carbocycles. The first-order chi connectivity index (χ1) is 3.91. The Labute approximate surface area is 59.6 Å². The Morgan fingerprint density at radius 2 is 2.38 bits per heavy atom. The number of hydrogen-bond donors (Lipinski definition) is 1. The maximum Gasteiger partial charge on any atom is 0.0420 e. The summed E-state index contributed by atoms with van der Waals surface area (Å²) in [6.45, 7) is 3.65. The Balaban J connectivity index is 2.62. The topological polar surface area (TPSA) is 0 Å². The summed E-state index contributed by atoms with van der Waals surface area (Å²) >= 11 is 4.10. The second kappa shape index (κ2) is 7.31. The Morgan fingerprint density at radius 3 is 2.88 bits per heavy atom. The van der Waals surface area contributed by atoms with Crippen molar-refractivity contribution < 1.29 is 0 Å². The average molecular weight is 144 g/mol. The molecule has 0 aliphatic rings. The van der Waals surface area contributed by atoms with Gasteiger partial charge < -0.3 is 0 Å². The fraction of sp³-hybridized carbons (Fsp3) is 0.667. The first kappa shape index (κ1) is 8.31. The molecule has 0 aromatic rings. The van der Waals surface area contributed by atoms with Crippen molar-refractivity contribution in [1.29, 1.82) is 0 Å². The van der Waals surface area contributed by atoms with Crippen molar-refractivity contribution in [3.8, 4) is 0 Å². The van der Waals surface area contributed by atoms with Crippen LogP contribution >= 0.6 is 12.6 Å². The third-order valence-electron chi connectivity index (χ3n) is 0.800. The van der Waals surface area contributed by atoms with E-state index in [1.165, 1.54) is 18.5 Å². The Bertz CT molecular complexity index is 54.5. The zero-order valence-corrected chi connectivity index (χ0v) is 6.95. The average Bonchev–Trinajstić information content (AvgIpc) is 1.81. The van der Waals surface area contributed by atoms with Gasteiger partial charge in [0.2, 0.25) is 0 Å². The van der Waals surface area contributed by atoms with Crippen LogP contribution in [0.1, 0.15) is 6.42 Å². The summed E-state index contributed by atoms with van der Waals surface area (Å²) in [6, 6.07) is 2.52. The molecule has 0 nitrogen and oxygen atoms in total. The quantitative estimate of drug-likeness (QED) is 0.259. The second-order valence-electron chi connectivity index (χ2n) is 1.57. The highest BCUT2D eigenvalue weighted by Crippen LogP contribution is 1.93. The van der Waals surface area contributed by atoms with E-state index in [2.05, 4.69) is 19.2 Å². The molecule has 0 atom stereocenters. The van der Waals surface area contributed by atoms with Gasteiger partial charge in [0.05, 0.1) is 0 Å². The van der Waals surface area contributed by atoms with Crippen LogP contribution in [0.15, 0.2) is 12.7 Å². The minimum Gasteiger partial charge on any atom is -0.179 e. The molecule has 0 amide bonds. The molecule has 0 aromatic heterocycles. The van der Waals surface area contributed by atoms with Gasteiger partial charge in [-0.05, 0) is 18.2 Å². The van der Waals surface area contributed by atoms with Gasteiger partial charge >= 0.3 is 0 Å². The van der Waals surface area contributed by atoms with Crippen molar-refractivity contribution in [3.05, 3.63) is 12.7 Å². The van der Waals surface area contributed by atoms with Gasteiger partial charge in [-0.15, -0.1) is 6.58 Å². The number of hydrogen-bond acceptors (Lipinski definition) is 1. The van der Waals surface area contributed by atoms with Crippen LogP contribution in [-0.4, -0.2) is 15.3 Å². The predicted molar refractivity (Wildman–Crippen MR) is 44.0 cm³/mol. The van der Waals surface area contributed by atoms with Crippen LogP contribution < -0.4 is 0 Å². The molecule has 0 saturated heterocycles. The molecule has 0 rings (SSSR count). The molecule has 0 spiro atoms. The zero-order chi connectivity index (χ0) is 6.24. The van der Waals surface area contributed by atoms with Crippen molar-refractivity contribution in [2.75, 3.05) is 5.75 Å². The van der Waals surface area contributed by atoms with Crippen molar-refractivity contribution in [3.63, 3.8) is 0 Å². The molecule has 0 aliphatic carbocycles. The Kier molecular flexibility index (Phi) is 7.59. The Morgan fingerprint density at radius 1 is 1.62 bits per heavy atom. The normalized spacial score (nSPS) is 9.12. The van der Waals surface area contributed by atoms with Crippen LogP contribution in [0.3, 0.4) is 0 Å². The number of allylic oxidation sites excluding steroid dienone is 1. The highest BCUT2D eigenvalue weighted by Gasteiger charge is 1.83. The van der Waals surface area contributed by atoms with E-state index in [9.17, 15) is 0 Å². The fourth-order valence-electron chi connectivity index (χ4n) is 0.408. The van der Waals surface area contributed by atoms with Crippen molar-refractivity contribution in [1.82, 2.24) is 0 Å². The van der Waals surface area contributed by atoms with Crippen LogP contribution in [0, 0.1) is 0 Å². The van der Waals surface area contributed by atoms with Gasteiger partial charge in [0, 0.05) is 9.52 Å². The van der Waals surface area contributed by atoms with Gasteiger partial charge in [0.15, 0.2) is 0 Å².